The highest BCUT2D eigenvalue weighted by atomic mass is 32.1. The molecule has 1 amide bonds. The maximum absolute atomic E-state index is 12.3. The van der Waals surface area contributed by atoms with Crippen molar-refractivity contribution >= 4 is 33.3 Å². The Hall–Kier alpha value is -2.99. The third-order valence-electron chi connectivity index (χ3n) is 3.72. The molecule has 2 aromatic heterocycles. The minimum atomic E-state index is -0.101. The van der Waals surface area contributed by atoms with Gasteiger partial charge in [-0.25, -0.2) is 0 Å². The molecule has 0 unspecified atom stereocenters. The van der Waals surface area contributed by atoms with E-state index in [-0.39, 0.29) is 5.91 Å². The highest BCUT2D eigenvalue weighted by Gasteiger charge is 2.12. The first kappa shape index (κ1) is 14.6. The molecule has 0 radical (unpaired) electrons. The Bertz CT molecular complexity index is 990. The van der Waals surface area contributed by atoms with Gasteiger partial charge in [0.1, 0.15) is 5.01 Å². The summed E-state index contributed by atoms with van der Waals surface area (Å²) in [6.45, 7) is 0. The zero-order valence-electron chi connectivity index (χ0n) is 12.7. The van der Waals surface area contributed by atoms with Crippen LogP contribution in [0.5, 0.6) is 0 Å². The van der Waals surface area contributed by atoms with Gasteiger partial charge in [-0.05, 0) is 11.6 Å². The number of aromatic amines is 1. The Morgan fingerprint density at radius 2 is 1.83 bits per heavy atom. The maximum atomic E-state index is 12.3. The SMILES string of the molecule is O=C(Cc1c[nH]c2ccccc12)Nc1nnc(-c2ccccc2)s1. The Kier molecular flexibility index (Phi) is 3.80. The molecule has 6 heteroatoms. The van der Waals surface area contributed by atoms with Crippen LogP contribution in [-0.2, 0) is 11.2 Å². The second kappa shape index (κ2) is 6.25. The number of benzene rings is 2. The van der Waals surface area contributed by atoms with Crippen LogP contribution in [0.4, 0.5) is 5.13 Å². The molecule has 0 spiro atoms. The summed E-state index contributed by atoms with van der Waals surface area (Å²) in [6.07, 6.45) is 2.17. The molecule has 5 nitrogen and oxygen atoms in total. The fourth-order valence-electron chi connectivity index (χ4n) is 2.59. The molecule has 0 aliphatic rings. The van der Waals surface area contributed by atoms with Crippen molar-refractivity contribution in [3.8, 4) is 10.6 Å². The zero-order valence-corrected chi connectivity index (χ0v) is 13.5. The molecule has 0 fully saturated rings. The van der Waals surface area contributed by atoms with Crippen molar-refractivity contribution in [2.75, 3.05) is 5.32 Å². The second-order valence-electron chi connectivity index (χ2n) is 5.36. The van der Waals surface area contributed by atoms with Gasteiger partial charge in [-0.2, -0.15) is 0 Å². The number of H-pyrrole nitrogens is 1. The van der Waals surface area contributed by atoms with E-state index in [1.807, 2.05) is 60.8 Å². The molecule has 4 aromatic rings. The Balaban J connectivity index is 1.48. The number of carbonyl (C=O) groups is 1. The van der Waals surface area contributed by atoms with Crippen molar-refractivity contribution in [1.29, 1.82) is 0 Å². The average molecular weight is 334 g/mol. The predicted octanol–water partition coefficient (Wildman–Crippen LogP) is 3.87. The lowest BCUT2D eigenvalue weighted by Gasteiger charge is -2.00. The fraction of sp³-hybridized carbons (Fsp3) is 0.0556. The molecule has 24 heavy (non-hydrogen) atoms. The van der Waals surface area contributed by atoms with E-state index < -0.39 is 0 Å². The number of aromatic nitrogens is 3. The monoisotopic (exact) mass is 334 g/mol. The number of rotatable bonds is 4. The van der Waals surface area contributed by atoms with Crippen molar-refractivity contribution in [2.24, 2.45) is 0 Å². The van der Waals surface area contributed by atoms with E-state index >= 15 is 0 Å². The van der Waals surface area contributed by atoms with Gasteiger partial charge in [0.05, 0.1) is 6.42 Å². The third kappa shape index (κ3) is 2.91. The Morgan fingerprint density at radius 3 is 2.71 bits per heavy atom. The van der Waals surface area contributed by atoms with Crippen LogP contribution < -0.4 is 5.32 Å². The minimum Gasteiger partial charge on any atom is -0.361 e. The first-order valence-electron chi connectivity index (χ1n) is 7.53. The molecule has 0 atom stereocenters. The molecule has 0 saturated heterocycles. The molecule has 4 rings (SSSR count). The smallest absolute Gasteiger partial charge is 0.230 e. The van der Waals surface area contributed by atoms with Crippen LogP contribution in [0.3, 0.4) is 0 Å². The van der Waals surface area contributed by atoms with E-state index in [0.29, 0.717) is 11.6 Å². The van der Waals surface area contributed by atoms with Gasteiger partial charge in [0.15, 0.2) is 0 Å². The van der Waals surface area contributed by atoms with Gasteiger partial charge in [0.25, 0.3) is 0 Å². The summed E-state index contributed by atoms with van der Waals surface area (Å²) in [7, 11) is 0. The minimum absolute atomic E-state index is 0.101. The maximum Gasteiger partial charge on any atom is 0.230 e. The Labute approximate surface area is 142 Å². The summed E-state index contributed by atoms with van der Waals surface area (Å²) in [5, 5.41) is 13.4. The van der Waals surface area contributed by atoms with Crippen molar-refractivity contribution < 1.29 is 4.79 Å². The molecule has 0 aliphatic carbocycles. The number of hydrogen-bond donors (Lipinski definition) is 2. The molecular formula is C18H14N4OS. The number of fused-ring (bicyclic) bond motifs is 1. The fourth-order valence-corrected chi connectivity index (χ4v) is 3.35. The quantitative estimate of drug-likeness (QED) is 0.595. The van der Waals surface area contributed by atoms with E-state index in [9.17, 15) is 4.79 Å². The van der Waals surface area contributed by atoms with Gasteiger partial charge in [0.2, 0.25) is 11.0 Å². The molecule has 2 aromatic carbocycles. The number of para-hydroxylation sites is 1. The summed E-state index contributed by atoms with van der Waals surface area (Å²) in [6, 6.07) is 17.7. The molecule has 118 valence electrons. The Morgan fingerprint density at radius 1 is 1.04 bits per heavy atom. The first-order valence-corrected chi connectivity index (χ1v) is 8.35. The highest BCUT2D eigenvalue weighted by Crippen LogP contribution is 2.26. The number of hydrogen-bond acceptors (Lipinski definition) is 4. The van der Waals surface area contributed by atoms with E-state index in [0.717, 1.165) is 27.0 Å². The van der Waals surface area contributed by atoms with Gasteiger partial charge in [-0.15, -0.1) is 10.2 Å². The first-order chi connectivity index (χ1) is 11.8. The van der Waals surface area contributed by atoms with Crippen molar-refractivity contribution in [3.63, 3.8) is 0 Å². The molecule has 0 bridgehead atoms. The number of amides is 1. The molecular weight excluding hydrogens is 320 g/mol. The van der Waals surface area contributed by atoms with Crippen LogP contribution in [0.25, 0.3) is 21.5 Å². The summed E-state index contributed by atoms with van der Waals surface area (Å²) >= 11 is 1.37. The van der Waals surface area contributed by atoms with Crippen molar-refractivity contribution in [1.82, 2.24) is 15.2 Å². The largest absolute Gasteiger partial charge is 0.361 e. The van der Waals surface area contributed by atoms with Crippen molar-refractivity contribution in [2.45, 2.75) is 6.42 Å². The zero-order chi connectivity index (χ0) is 16.4. The summed E-state index contributed by atoms with van der Waals surface area (Å²) in [5.74, 6) is -0.101. The molecule has 0 aliphatic heterocycles. The van der Waals surface area contributed by atoms with E-state index in [2.05, 4.69) is 20.5 Å². The van der Waals surface area contributed by atoms with E-state index in [1.54, 1.807) is 0 Å². The lowest BCUT2D eigenvalue weighted by molar-refractivity contribution is -0.115. The van der Waals surface area contributed by atoms with Crippen LogP contribution in [0, 0.1) is 0 Å². The second-order valence-corrected chi connectivity index (χ2v) is 6.34. The van der Waals surface area contributed by atoms with E-state index in [1.165, 1.54) is 11.3 Å². The normalized spacial score (nSPS) is 10.8. The third-order valence-corrected chi connectivity index (χ3v) is 4.61. The van der Waals surface area contributed by atoms with Crippen LogP contribution in [-0.4, -0.2) is 21.1 Å². The summed E-state index contributed by atoms with van der Waals surface area (Å²) < 4.78 is 0. The number of nitrogens with one attached hydrogen (secondary N) is 2. The van der Waals surface area contributed by atoms with Gasteiger partial charge < -0.3 is 10.3 Å². The number of anilines is 1. The van der Waals surface area contributed by atoms with Crippen molar-refractivity contribution in [3.05, 3.63) is 66.4 Å². The van der Waals surface area contributed by atoms with Gasteiger partial charge in [-0.3, -0.25) is 4.79 Å². The molecule has 2 heterocycles. The topological polar surface area (TPSA) is 70.7 Å². The van der Waals surface area contributed by atoms with Crippen LogP contribution in [0.2, 0.25) is 0 Å². The standard InChI is InChI=1S/C18H14N4OS/c23-16(10-13-11-19-15-9-5-4-8-14(13)15)20-18-22-21-17(24-18)12-6-2-1-3-7-12/h1-9,11,19H,10H2,(H,20,22,23). The number of carbonyl (C=O) groups excluding carboxylic acids is 1. The summed E-state index contributed by atoms with van der Waals surface area (Å²) in [4.78, 5) is 15.5. The molecule has 0 saturated carbocycles. The van der Waals surface area contributed by atoms with Crippen LogP contribution in [0.15, 0.2) is 60.8 Å². The van der Waals surface area contributed by atoms with Gasteiger partial charge in [0, 0.05) is 22.7 Å². The van der Waals surface area contributed by atoms with Gasteiger partial charge >= 0.3 is 0 Å². The lowest BCUT2D eigenvalue weighted by atomic mass is 10.1. The number of nitrogens with zero attached hydrogens (tertiary/aromatic N) is 2. The van der Waals surface area contributed by atoms with E-state index in [4.69, 9.17) is 0 Å². The molecule has 2 N–H and O–H groups in total. The summed E-state index contributed by atoms with van der Waals surface area (Å²) in [5.41, 5.74) is 2.99. The van der Waals surface area contributed by atoms with Crippen LogP contribution >= 0.6 is 11.3 Å². The van der Waals surface area contributed by atoms with Crippen LogP contribution in [0.1, 0.15) is 5.56 Å². The highest BCUT2D eigenvalue weighted by molar-refractivity contribution is 7.18. The average Bonchev–Trinajstić information content (AvgIpc) is 3.23. The predicted molar refractivity (Wildman–Crippen MR) is 96.0 cm³/mol. The lowest BCUT2D eigenvalue weighted by Crippen LogP contribution is -2.14. The van der Waals surface area contributed by atoms with Gasteiger partial charge in [-0.1, -0.05) is 59.9 Å².